The van der Waals surface area contributed by atoms with Gasteiger partial charge >= 0.3 is 17.8 Å². The van der Waals surface area contributed by atoms with Crippen molar-refractivity contribution in [3.63, 3.8) is 0 Å². The summed E-state index contributed by atoms with van der Waals surface area (Å²) in [6.45, 7) is 1.68. The molecule has 0 aliphatic rings. The molecule has 0 aliphatic carbocycles. The van der Waals surface area contributed by atoms with Gasteiger partial charge in [-0.3, -0.25) is 34.8 Å². The molecule has 0 radical (unpaired) electrons. The second-order valence-electron chi connectivity index (χ2n) is 8.35. The lowest BCUT2D eigenvalue weighted by molar-refractivity contribution is -0.142. The summed E-state index contributed by atoms with van der Waals surface area (Å²) in [5, 5.41) is 13.4. The molecule has 2 atom stereocenters. The highest BCUT2D eigenvalue weighted by atomic mass is 19.2. The van der Waals surface area contributed by atoms with Crippen LogP contribution in [0.15, 0.2) is 36.4 Å². The van der Waals surface area contributed by atoms with Crippen LogP contribution in [0.2, 0.25) is 0 Å². The third-order valence-electron chi connectivity index (χ3n) is 5.05. The number of carbonyl (C=O) groups is 5. The summed E-state index contributed by atoms with van der Waals surface area (Å²) in [5.74, 6) is -16.0. The van der Waals surface area contributed by atoms with Gasteiger partial charge in [0.25, 0.3) is 0 Å². The van der Waals surface area contributed by atoms with E-state index in [4.69, 9.17) is 5.11 Å². The Labute approximate surface area is 218 Å². The summed E-state index contributed by atoms with van der Waals surface area (Å²) < 4.78 is 58.8. The molecule has 0 bridgehead atoms. The summed E-state index contributed by atoms with van der Waals surface area (Å²) in [6, 6.07) is 4.89. The van der Waals surface area contributed by atoms with Gasteiger partial charge in [0.15, 0.2) is 23.2 Å². The highest BCUT2D eigenvalue weighted by Gasteiger charge is 2.32. The largest absolute Gasteiger partial charge is 0.481 e. The van der Waals surface area contributed by atoms with Gasteiger partial charge < -0.3 is 20.5 Å². The molecule has 0 saturated carbocycles. The summed E-state index contributed by atoms with van der Waals surface area (Å²) in [5.41, 5.74) is 5.06. The maximum absolute atomic E-state index is 13.8. The number of aliphatic carboxylic acids is 1. The van der Waals surface area contributed by atoms with Gasteiger partial charge in [0.1, 0.15) is 18.7 Å². The normalized spacial score (nSPS) is 12.2. The van der Waals surface area contributed by atoms with Crippen molar-refractivity contribution in [1.29, 1.82) is 0 Å². The van der Waals surface area contributed by atoms with Crippen LogP contribution in [0.3, 0.4) is 0 Å². The standard InChI is InChI=1S/C24H24F4N4O7/c1-11(2)20(30-23(37)24(38)32-31-12-6-4-3-5-7-12)22(36)29-15(9-17(34)35)16(33)10-39-21-18(27)13(25)8-14(26)19(21)28/h3-8,11,15,20,31H,9-10H2,1-2H3,(H,29,36)(H,30,37)(H,32,38)(H,34,35)/t15-,20-/m0/s1. The van der Waals surface area contributed by atoms with Gasteiger partial charge in [0, 0.05) is 6.07 Å². The average Bonchev–Trinajstić information content (AvgIpc) is 2.88. The maximum Gasteiger partial charge on any atom is 0.327 e. The van der Waals surface area contributed by atoms with Crippen LogP contribution in [0.1, 0.15) is 20.3 Å². The van der Waals surface area contributed by atoms with Crippen molar-refractivity contribution < 1.29 is 51.4 Å². The zero-order valence-corrected chi connectivity index (χ0v) is 20.5. The van der Waals surface area contributed by atoms with Crippen molar-refractivity contribution >= 4 is 35.2 Å². The van der Waals surface area contributed by atoms with Crippen molar-refractivity contribution in [3.05, 3.63) is 59.7 Å². The Morgan fingerprint density at radius 3 is 2.03 bits per heavy atom. The quantitative estimate of drug-likeness (QED) is 0.114. The van der Waals surface area contributed by atoms with Crippen LogP contribution in [-0.2, 0) is 24.0 Å². The van der Waals surface area contributed by atoms with Crippen LogP contribution >= 0.6 is 0 Å². The Balaban J connectivity index is 2.08. The molecule has 5 N–H and O–H groups in total. The smallest absolute Gasteiger partial charge is 0.327 e. The average molecular weight is 556 g/mol. The maximum atomic E-state index is 13.8. The number of para-hydroxylation sites is 1. The van der Waals surface area contributed by atoms with Gasteiger partial charge in [-0.05, 0) is 18.1 Å². The van der Waals surface area contributed by atoms with E-state index in [1.54, 1.807) is 30.3 Å². The molecule has 2 aromatic carbocycles. The Morgan fingerprint density at radius 2 is 1.49 bits per heavy atom. The Hall–Kier alpha value is -4.69. The molecule has 3 amide bonds. The van der Waals surface area contributed by atoms with Crippen molar-refractivity contribution in [2.45, 2.75) is 32.4 Å². The number of carboxylic acid groups (broad SMARTS) is 1. The van der Waals surface area contributed by atoms with E-state index in [1.807, 2.05) is 0 Å². The summed E-state index contributed by atoms with van der Waals surface area (Å²) in [6.07, 6.45) is -1.02. The number of carbonyl (C=O) groups excluding carboxylic acids is 4. The van der Waals surface area contributed by atoms with Gasteiger partial charge in [-0.1, -0.05) is 32.0 Å². The van der Waals surface area contributed by atoms with E-state index in [1.165, 1.54) is 13.8 Å². The number of nitrogens with one attached hydrogen (secondary N) is 4. The highest BCUT2D eigenvalue weighted by molar-refractivity contribution is 6.35. The molecule has 0 saturated heterocycles. The van der Waals surface area contributed by atoms with Crippen molar-refractivity contribution in [3.8, 4) is 5.75 Å². The fourth-order valence-electron chi connectivity index (χ4n) is 3.05. The number of amides is 3. The number of Topliss-reactive ketones (excluding diaryl/α,β-unsaturated/α-hetero) is 1. The Kier molecular flexibility index (Phi) is 10.8. The fourth-order valence-corrected chi connectivity index (χ4v) is 3.05. The third kappa shape index (κ3) is 8.69. The number of benzene rings is 2. The number of anilines is 1. The fraction of sp³-hybridized carbons (Fsp3) is 0.292. The van der Waals surface area contributed by atoms with Crippen molar-refractivity contribution in [2.75, 3.05) is 12.0 Å². The van der Waals surface area contributed by atoms with E-state index >= 15 is 0 Å². The van der Waals surface area contributed by atoms with Crippen LogP contribution in [-0.4, -0.2) is 53.3 Å². The van der Waals surface area contributed by atoms with Crippen molar-refractivity contribution in [1.82, 2.24) is 16.1 Å². The molecule has 0 aromatic heterocycles. The second kappa shape index (κ2) is 13.7. The van der Waals surface area contributed by atoms with Crippen LogP contribution in [0, 0.1) is 29.2 Å². The molecular weight excluding hydrogens is 532 g/mol. The first-order valence-corrected chi connectivity index (χ1v) is 11.2. The summed E-state index contributed by atoms with van der Waals surface area (Å²) in [7, 11) is 0. The number of carboxylic acids is 1. The lowest BCUT2D eigenvalue weighted by Crippen LogP contribution is -2.56. The van der Waals surface area contributed by atoms with Gasteiger partial charge in [0.2, 0.25) is 17.5 Å². The predicted octanol–water partition coefficient (Wildman–Crippen LogP) is 1.43. The SMILES string of the molecule is CC(C)[C@H](NC(=O)C(=O)NNc1ccccc1)C(=O)N[C@@H](CC(=O)O)C(=O)COc1c(F)c(F)cc(F)c1F. The Morgan fingerprint density at radius 1 is 0.897 bits per heavy atom. The summed E-state index contributed by atoms with van der Waals surface area (Å²) in [4.78, 5) is 61.0. The molecule has 15 heteroatoms. The lowest BCUT2D eigenvalue weighted by atomic mass is 10.0. The molecule has 210 valence electrons. The molecular formula is C24H24F4N4O7. The highest BCUT2D eigenvalue weighted by Crippen LogP contribution is 2.26. The first-order valence-electron chi connectivity index (χ1n) is 11.2. The molecule has 0 unspecified atom stereocenters. The van der Waals surface area contributed by atoms with E-state index in [2.05, 4.69) is 26.2 Å². The minimum atomic E-state index is -1.93. The van der Waals surface area contributed by atoms with E-state index in [-0.39, 0.29) is 6.07 Å². The van der Waals surface area contributed by atoms with E-state index in [9.17, 15) is 41.5 Å². The zero-order chi connectivity index (χ0) is 29.3. The molecule has 11 nitrogen and oxygen atoms in total. The molecule has 2 rings (SSSR count). The summed E-state index contributed by atoms with van der Waals surface area (Å²) >= 11 is 0. The first-order chi connectivity index (χ1) is 18.3. The van der Waals surface area contributed by atoms with Crippen LogP contribution < -0.4 is 26.2 Å². The minimum absolute atomic E-state index is 0.0782. The lowest BCUT2D eigenvalue weighted by Gasteiger charge is -2.24. The van der Waals surface area contributed by atoms with Crippen LogP contribution in [0.5, 0.6) is 5.75 Å². The number of hydrazine groups is 1. The number of hydrogen-bond acceptors (Lipinski definition) is 7. The minimum Gasteiger partial charge on any atom is -0.481 e. The monoisotopic (exact) mass is 556 g/mol. The van der Waals surface area contributed by atoms with Crippen LogP contribution in [0.4, 0.5) is 23.2 Å². The number of rotatable bonds is 12. The second-order valence-corrected chi connectivity index (χ2v) is 8.35. The topological polar surface area (TPSA) is 163 Å². The molecule has 0 aliphatic heterocycles. The number of ether oxygens (including phenoxy) is 1. The first kappa shape index (κ1) is 30.5. The van der Waals surface area contributed by atoms with E-state index < -0.39 is 89.5 Å². The predicted molar refractivity (Wildman–Crippen MR) is 126 cm³/mol. The van der Waals surface area contributed by atoms with E-state index in [0.717, 1.165) is 0 Å². The Bertz CT molecular complexity index is 1220. The van der Waals surface area contributed by atoms with Crippen molar-refractivity contribution in [2.24, 2.45) is 5.92 Å². The molecule has 39 heavy (non-hydrogen) atoms. The molecule has 0 fully saturated rings. The molecule has 0 heterocycles. The van der Waals surface area contributed by atoms with Gasteiger partial charge in [-0.15, -0.1) is 0 Å². The molecule has 0 spiro atoms. The molecule has 2 aromatic rings. The number of halogens is 4. The third-order valence-corrected chi connectivity index (χ3v) is 5.05. The van der Waals surface area contributed by atoms with Crippen LogP contribution in [0.25, 0.3) is 0 Å². The zero-order valence-electron chi connectivity index (χ0n) is 20.5. The number of ketones is 1. The van der Waals surface area contributed by atoms with Gasteiger partial charge in [-0.25, -0.2) is 8.78 Å². The van der Waals surface area contributed by atoms with E-state index in [0.29, 0.717) is 5.69 Å². The van der Waals surface area contributed by atoms with Gasteiger partial charge in [0.05, 0.1) is 12.1 Å². The van der Waals surface area contributed by atoms with Gasteiger partial charge in [-0.2, -0.15) is 8.78 Å². The number of hydrogen-bond donors (Lipinski definition) is 5.